The summed E-state index contributed by atoms with van der Waals surface area (Å²) in [6, 6.07) is 0.591. The van der Waals surface area contributed by atoms with E-state index in [9.17, 15) is 24.5 Å². The highest BCUT2D eigenvalue weighted by molar-refractivity contribution is 5.90. The number of hydrogen-bond donors (Lipinski definition) is 1. The molecule has 126 valence electrons. The van der Waals surface area contributed by atoms with E-state index in [0.717, 1.165) is 19.4 Å². The Morgan fingerprint density at radius 3 is 2.75 bits per heavy atom. The number of esters is 1. The Kier molecular flexibility index (Phi) is 4.68. The number of aryl methyl sites for hydroxylation is 1. The van der Waals surface area contributed by atoms with Gasteiger partial charge in [-0.25, -0.2) is 4.79 Å². The largest absolute Gasteiger partial charge is 0.465 e. The molecule has 24 heavy (non-hydrogen) atoms. The number of nitrogens with one attached hydrogen (secondary N) is 1. The second-order valence-electron chi connectivity index (χ2n) is 4.49. The minimum atomic E-state index is -1.05. The van der Waals surface area contributed by atoms with Crippen molar-refractivity contribution in [2.45, 2.75) is 13.5 Å². The van der Waals surface area contributed by atoms with Crippen molar-refractivity contribution in [3.63, 3.8) is 0 Å². The fraction of sp³-hybridized carbons (Fsp3) is 0.250. The van der Waals surface area contributed by atoms with E-state index in [0.29, 0.717) is 4.57 Å². The molecule has 0 aliphatic carbocycles. The lowest BCUT2D eigenvalue weighted by Gasteiger charge is -2.07. The molecule has 0 fully saturated rings. The fourth-order valence-electron chi connectivity index (χ4n) is 1.76. The molecule has 12 nitrogen and oxygen atoms in total. The molecule has 0 aliphatic heterocycles. The van der Waals surface area contributed by atoms with Crippen molar-refractivity contribution in [2.75, 3.05) is 12.4 Å². The molecule has 0 atom stereocenters. The van der Waals surface area contributed by atoms with E-state index >= 15 is 0 Å². The normalized spacial score (nSPS) is 10.2. The van der Waals surface area contributed by atoms with E-state index in [4.69, 9.17) is 0 Å². The summed E-state index contributed by atoms with van der Waals surface area (Å²) in [7, 11) is 1.08. The van der Waals surface area contributed by atoms with E-state index in [1.807, 2.05) is 0 Å². The number of amides is 1. The minimum Gasteiger partial charge on any atom is -0.465 e. The Labute approximate surface area is 133 Å². The van der Waals surface area contributed by atoms with Crippen LogP contribution in [0.5, 0.6) is 0 Å². The van der Waals surface area contributed by atoms with E-state index in [2.05, 4.69) is 24.7 Å². The second-order valence-corrected chi connectivity index (χ2v) is 4.49. The van der Waals surface area contributed by atoms with Crippen LogP contribution in [0.1, 0.15) is 16.2 Å². The van der Waals surface area contributed by atoms with E-state index in [-0.39, 0.29) is 17.4 Å². The van der Waals surface area contributed by atoms with Gasteiger partial charge in [0, 0.05) is 12.3 Å². The quantitative estimate of drug-likeness (QED) is 0.445. The molecule has 12 heteroatoms. The molecule has 0 aliphatic rings. The molecule has 2 aromatic heterocycles. The number of pyridine rings is 1. The van der Waals surface area contributed by atoms with Crippen LogP contribution in [0, 0.1) is 17.0 Å². The van der Waals surface area contributed by atoms with Crippen LogP contribution in [0.4, 0.5) is 11.7 Å². The van der Waals surface area contributed by atoms with Crippen LogP contribution in [-0.2, 0) is 16.1 Å². The Bertz CT molecular complexity index is 869. The Hall–Kier alpha value is -3.57. The number of aromatic nitrogens is 3. The molecule has 0 saturated heterocycles. The van der Waals surface area contributed by atoms with Crippen LogP contribution in [0.3, 0.4) is 0 Å². The van der Waals surface area contributed by atoms with Gasteiger partial charge < -0.3 is 9.26 Å². The van der Waals surface area contributed by atoms with Gasteiger partial charge in [0.2, 0.25) is 5.91 Å². The monoisotopic (exact) mass is 337 g/mol. The maximum atomic E-state index is 12.0. The van der Waals surface area contributed by atoms with Gasteiger partial charge in [-0.2, -0.15) is 4.98 Å². The summed E-state index contributed by atoms with van der Waals surface area (Å²) in [4.78, 5) is 49.1. The summed E-state index contributed by atoms with van der Waals surface area (Å²) in [5.74, 6) is -1.36. The molecular formula is C12H11N5O7. The zero-order valence-corrected chi connectivity index (χ0v) is 12.5. The van der Waals surface area contributed by atoms with Crippen molar-refractivity contribution in [2.24, 2.45) is 0 Å². The minimum absolute atomic E-state index is 0.191. The maximum absolute atomic E-state index is 12.0. The molecule has 0 spiro atoms. The predicted octanol–water partition coefficient (Wildman–Crippen LogP) is -0.127. The molecule has 0 radical (unpaired) electrons. The number of methoxy groups -OCH3 is 1. The first-order valence-electron chi connectivity index (χ1n) is 6.39. The molecule has 0 saturated carbocycles. The highest BCUT2D eigenvalue weighted by Gasteiger charge is 2.21. The Morgan fingerprint density at radius 1 is 1.50 bits per heavy atom. The van der Waals surface area contributed by atoms with Gasteiger partial charge in [0.25, 0.3) is 0 Å². The molecule has 2 aromatic rings. The average Bonchev–Trinajstić information content (AvgIpc) is 2.92. The van der Waals surface area contributed by atoms with Gasteiger partial charge in [-0.3, -0.25) is 29.6 Å². The number of hydrogen-bond acceptors (Lipinski definition) is 9. The maximum Gasteiger partial charge on any atom is 0.339 e. The van der Waals surface area contributed by atoms with Crippen molar-refractivity contribution in [1.82, 2.24) is 14.7 Å². The number of carbonyl (C=O) groups is 2. The summed E-state index contributed by atoms with van der Waals surface area (Å²) in [5, 5.41) is 16.6. The first-order chi connectivity index (χ1) is 11.3. The van der Waals surface area contributed by atoms with Crippen molar-refractivity contribution >= 4 is 23.6 Å². The number of rotatable bonds is 5. The lowest BCUT2D eigenvalue weighted by atomic mass is 10.2. The van der Waals surface area contributed by atoms with Gasteiger partial charge in [0.15, 0.2) is 5.82 Å². The number of ether oxygens (including phenoxy) is 1. The lowest BCUT2D eigenvalue weighted by Crippen LogP contribution is -2.29. The number of anilines is 1. The zero-order valence-electron chi connectivity index (χ0n) is 12.5. The van der Waals surface area contributed by atoms with Crippen LogP contribution in [-0.4, -0.2) is 38.6 Å². The highest BCUT2D eigenvalue weighted by atomic mass is 16.6. The van der Waals surface area contributed by atoms with Gasteiger partial charge in [-0.1, -0.05) is 5.16 Å². The van der Waals surface area contributed by atoms with Gasteiger partial charge in [0.1, 0.15) is 6.54 Å². The smallest absolute Gasteiger partial charge is 0.339 e. The van der Waals surface area contributed by atoms with Crippen LogP contribution in [0.2, 0.25) is 0 Å². The first kappa shape index (κ1) is 16.8. The summed E-state index contributed by atoms with van der Waals surface area (Å²) < 4.78 is 9.85. The van der Waals surface area contributed by atoms with Crippen LogP contribution in [0.25, 0.3) is 0 Å². The molecule has 0 unspecified atom stereocenters. The zero-order chi connectivity index (χ0) is 17.9. The van der Waals surface area contributed by atoms with Crippen LogP contribution < -0.4 is 10.9 Å². The molecule has 1 amide bonds. The van der Waals surface area contributed by atoms with Gasteiger partial charge >= 0.3 is 23.2 Å². The third-order valence-corrected chi connectivity index (χ3v) is 2.77. The number of nitro groups is 1. The van der Waals surface area contributed by atoms with Crippen LogP contribution >= 0.6 is 0 Å². The lowest BCUT2D eigenvalue weighted by molar-refractivity contribution is -0.386. The molecule has 2 heterocycles. The molecule has 2 rings (SSSR count). The fourth-order valence-corrected chi connectivity index (χ4v) is 1.76. The Balaban J connectivity index is 2.32. The van der Waals surface area contributed by atoms with E-state index < -0.39 is 34.6 Å². The second kappa shape index (κ2) is 6.68. The van der Waals surface area contributed by atoms with Crippen molar-refractivity contribution in [3.05, 3.63) is 44.1 Å². The summed E-state index contributed by atoms with van der Waals surface area (Å²) in [6.45, 7) is 0.929. The number of carbonyl (C=O) groups excluding carboxylic acids is 2. The van der Waals surface area contributed by atoms with Gasteiger partial charge in [-0.15, -0.1) is 0 Å². The topological polar surface area (TPSA) is 159 Å². The highest BCUT2D eigenvalue weighted by Crippen LogP contribution is 2.10. The SMILES string of the molecule is COC(=O)c1cc([N+](=O)[O-])c(=O)n(CC(=O)Nc2nc(C)no2)c1. The predicted molar refractivity (Wildman–Crippen MR) is 76.4 cm³/mol. The standard InChI is InChI=1S/C12H11N5O7/c1-6-13-12(24-15-6)14-9(18)5-16-4-7(11(20)23-2)3-8(10(16)19)17(21)22/h3-4H,5H2,1-2H3,(H,13,14,15,18). The summed E-state index contributed by atoms with van der Waals surface area (Å²) in [6.07, 6.45) is 0.986. The first-order valence-corrected chi connectivity index (χ1v) is 6.39. The van der Waals surface area contributed by atoms with E-state index in [1.54, 1.807) is 0 Å². The third kappa shape index (κ3) is 3.60. The molecule has 1 N–H and O–H groups in total. The van der Waals surface area contributed by atoms with Crippen molar-refractivity contribution in [3.8, 4) is 0 Å². The summed E-state index contributed by atoms with van der Waals surface area (Å²) >= 11 is 0. The molecule has 0 bridgehead atoms. The summed E-state index contributed by atoms with van der Waals surface area (Å²) in [5.41, 5.74) is -2.16. The average molecular weight is 337 g/mol. The molecular weight excluding hydrogens is 326 g/mol. The van der Waals surface area contributed by atoms with Crippen molar-refractivity contribution in [1.29, 1.82) is 0 Å². The van der Waals surface area contributed by atoms with Crippen LogP contribution in [0.15, 0.2) is 21.6 Å². The van der Waals surface area contributed by atoms with Gasteiger partial charge in [0.05, 0.1) is 17.6 Å². The van der Waals surface area contributed by atoms with Crippen molar-refractivity contribution < 1.29 is 23.8 Å². The third-order valence-electron chi connectivity index (χ3n) is 2.77. The Morgan fingerprint density at radius 2 is 2.21 bits per heavy atom. The molecule has 0 aromatic carbocycles. The van der Waals surface area contributed by atoms with E-state index in [1.165, 1.54) is 6.92 Å². The van der Waals surface area contributed by atoms with Gasteiger partial charge in [-0.05, 0) is 6.92 Å². The number of nitrogens with zero attached hydrogens (tertiary/aromatic N) is 4.